The van der Waals surface area contributed by atoms with Crippen LogP contribution < -0.4 is 14.8 Å². The van der Waals surface area contributed by atoms with Gasteiger partial charge in [-0.3, -0.25) is 9.78 Å². The monoisotopic (exact) mass is 354 g/mol. The van der Waals surface area contributed by atoms with Gasteiger partial charge in [-0.25, -0.2) is 0 Å². The summed E-state index contributed by atoms with van der Waals surface area (Å²) in [6, 6.07) is 9.77. The smallest absolute Gasteiger partial charge is 0.220 e. The van der Waals surface area contributed by atoms with Gasteiger partial charge in [0.1, 0.15) is 0 Å². The molecule has 0 saturated carbocycles. The summed E-state index contributed by atoms with van der Waals surface area (Å²) in [4.78, 5) is 16.5. The minimum Gasteiger partial charge on any atom is -0.490 e. The topological polar surface area (TPSA) is 60.5 Å². The number of fused-ring (bicyclic) bond motifs is 1. The van der Waals surface area contributed by atoms with Gasteiger partial charge in [0.25, 0.3) is 0 Å². The van der Waals surface area contributed by atoms with E-state index in [-0.39, 0.29) is 17.9 Å². The SMILES string of the molecule is CC(C)[C@H](NC(=O)CCc1ccncc1)c1ccc2c(c1)OCCCO2. The maximum Gasteiger partial charge on any atom is 0.220 e. The number of rotatable bonds is 6. The molecule has 1 atom stereocenters. The highest BCUT2D eigenvalue weighted by Gasteiger charge is 2.21. The zero-order valence-corrected chi connectivity index (χ0v) is 15.4. The number of hydrogen-bond donors (Lipinski definition) is 1. The molecule has 0 aliphatic carbocycles. The molecule has 0 radical (unpaired) electrons. The Labute approximate surface area is 154 Å². The quantitative estimate of drug-likeness (QED) is 0.859. The third-order valence-electron chi connectivity index (χ3n) is 4.50. The summed E-state index contributed by atoms with van der Waals surface area (Å²) in [6.07, 6.45) is 5.55. The Bertz CT molecular complexity index is 731. The third kappa shape index (κ3) is 4.75. The zero-order chi connectivity index (χ0) is 18.4. The number of aryl methyl sites for hydroxylation is 1. The molecule has 0 spiro atoms. The second-order valence-corrected chi connectivity index (χ2v) is 6.90. The van der Waals surface area contributed by atoms with Gasteiger partial charge in [0.05, 0.1) is 19.3 Å². The molecule has 1 aromatic heterocycles. The Morgan fingerprint density at radius 3 is 2.58 bits per heavy atom. The van der Waals surface area contributed by atoms with Crippen molar-refractivity contribution in [1.82, 2.24) is 10.3 Å². The average Bonchev–Trinajstić information content (AvgIpc) is 2.90. The van der Waals surface area contributed by atoms with E-state index in [4.69, 9.17) is 9.47 Å². The first-order chi connectivity index (χ1) is 12.6. The van der Waals surface area contributed by atoms with Crippen molar-refractivity contribution in [2.45, 2.75) is 39.2 Å². The summed E-state index contributed by atoms with van der Waals surface area (Å²) < 4.78 is 11.5. The molecule has 0 saturated heterocycles. The minimum absolute atomic E-state index is 0.0487. The standard InChI is InChI=1S/C21H26N2O3/c1-15(2)21(23-20(24)7-4-16-8-10-22-11-9-16)17-5-6-18-19(14-17)26-13-3-12-25-18/h5-6,8-11,14-15,21H,3-4,7,12-13H2,1-2H3,(H,23,24)/t21-/m0/s1. The van der Waals surface area contributed by atoms with Crippen LogP contribution in [0, 0.1) is 5.92 Å². The highest BCUT2D eigenvalue weighted by atomic mass is 16.5. The molecule has 0 unspecified atom stereocenters. The number of carbonyl (C=O) groups excluding carboxylic acids is 1. The Balaban J connectivity index is 1.67. The van der Waals surface area contributed by atoms with E-state index in [2.05, 4.69) is 24.1 Å². The first-order valence-corrected chi connectivity index (χ1v) is 9.21. The highest BCUT2D eigenvalue weighted by Crippen LogP contribution is 2.34. The molecule has 1 aliphatic heterocycles. The second kappa shape index (κ2) is 8.70. The number of benzene rings is 1. The van der Waals surface area contributed by atoms with Crippen LogP contribution in [0.4, 0.5) is 0 Å². The van der Waals surface area contributed by atoms with Crippen LogP contribution in [-0.2, 0) is 11.2 Å². The van der Waals surface area contributed by atoms with Gasteiger partial charge in [0, 0.05) is 25.2 Å². The highest BCUT2D eigenvalue weighted by molar-refractivity contribution is 5.76. The first-order valence-electron chi connectivity index (χ1n) is 9.21. The number of nitrogens with one attached hydrogen (secondary N) is 1. The molecule has 5 nitrogen and oxygen atoms in total. The lowest BCUT2D eigenvalue weighted by atomic mass is 9.95. The molecule has 1 aliphatic rings. The Morgan fingerprint density at radius 1 is 1.12 bits per heavy atom. The van der Waals surface area contributed by atoms with Crippen LogP contribution in [0.2, 0.25) is 0 Å². The maximum absolute atomic E-state index is 12.5. The van der Waals surface area contributed by atoms with Crippen LogP contribution in [-0.4, -0.2) is 24.1 Å². The first kappa shape index (κ1) is 18.2. The van der Waals surface area contributed by atoms with E-state index in [1.54, 1.807) is 12.4 Å². The molecule has 2 aromatic rings. The fraction of sp³-hybridized carbons (Fsp3) is 0.429. The lowest BCUT2D eigenvalue weighted by Crippen LogP contribution is -2.31. The number of hydrogen-bond acceptors (Lipinski definition) is 4. The van der Waals surface area contributed by atoms with E-state index in [0.717, 1.165) is 29.0 Å². The van der Waals surface area contributed by atoms with Gasteiger partial charge in [-0.15, -0.1) is 0 Å². The normalized spacial score (nSPS) is 14.6. The van der Waals surface area contributed by atoms with E-state index in [9.17, 15) is 4.79 Å². The molecule has 1 N–H and O–H groups in total. The fourth-order valence-corrected chi connectivity index (χ4v) is 3.06. The molecule has 1 amide bonds. The Hall–Kier alpha value is -2.56. The van der Waals surface area contributed by atoms with E-state index in [1.165, 1.54) is 0 Å². The number of aromatic nitrogens is 1. The van der Waals surface area contributed by atoms with Gasteiger partial charge in [-0.2, -0.15) is 0 Å². The molecule has 5 heteroatoms. The van der Waals surface area contributed by atoms with Gasteiger partial charge in [0.2, 0.25) is 5.91 Å². The largest absolute Gasteiger partial charge is 0.490 e. The molecule has 1 aromatic carbocycles. The summed E-state index contributed by atoms with van der Waals surface area (Å²) in [7, 11) is 0. The van der Waals surface area contributed by atoms with Crippen molar-refractivity contribution in [3.05, 3.63) is 53.9 Å². The summed E-state index contributed by atoms with van der Waals surface area (Å²) in [6.45, 7) is 5.54. The molecule has 138 valence electrons. The molecular weight excluding hydrogens is 328 g/mol. The van der Waals surface area contributed by atoms with E-state index < -0.39 is 0 Å². The fourth-order valence-electron chi connectivity index (χ4n) is 3.06. The van der Waals surface area contributed by atoms with Crippen molar-refractivity contribution in [1.29, 1.82) is 0 Å². The molecule has 0 fully saturated rings. The van der Waals surface area contributed by atoms with E-state index in [1.807, 2.05) is 30.3 Å². The van der Waals surface area contributed by atoms with Crippen molar-refractivity contribution in [2.24, 2.45) is 5.92 Å². The van der Waals surface area contributed by atoms with Crippen molar-refractivity contribution in [3.8, 4) is 11.5 Å². The lowest BCUT2D eigenvalue weighted by Gasteiger charge is -2.24. The minimum atomic E-state index is -0.0582. The van der Waals surface area contributed by atoms with Gasteiger partial charge in [-0.1, -0.05) is 19.9 Å². The second-order valence-electron chi connectivity index (χ2n) is 6.90. The van der Waals surface area contributed by atoms with Crippen molar-refractivity contribution >= 4 is 5.91 Å². The summed E-state index contributed by atoms with van der Waals surface area (Å²) in [5.74, 6) is 1.85. The third-order valence-corrected chi connectivity index (χ3v) is 4.50. The van der Waals surface area contributed by atoms with Crippen LogP contribution >= 0.6 is 0 Å². The number of nitrogens with zero attached hydrogens (tertiary/aromatic N) is 1. The number of carbonyl (C=O) groups is 1. The van der Waals surface area contributed by atoms with Gasteiger partial charge < -0.3 is 14.8 Å². The number of pyridine rings is 1. The lowest BCUT2D eigenvalue weighted by molar-refractivity contribution is -0.122. The van der Waals surface area contributed by atoms with Gasteiger partial charge >= 0.3 is 0 Å². The number of amides is 1. The molecule has 26 heavy (non-hydrogen) atoms. The van der Waals surface area contributed by atoms with Crippen LogP contribution in [0.15, 0.2) is 42.7 Å². The van der Waals surface area contributed by atoms with E-state index >= 15 is 0 Å². The summed E-state index contributed by atoms with van der Waals surface area (Å²) in [5, 5.41) is 3.17. The predicted molar refractivity (Wildman–Crippen MR) is 100 cm³/mol. The summed E-state index contributed by atoms with van der Waals surface area (Å²) in [5.41, 5.74) is 2.16. The molecule has 3 rings (SSSR count). The van der Waals surface area contributed by atoms with Gasteiger partial charge in [0.15, 0.2) is 11.5 Å². The van der Waals surface area contributed by atoms with Crippen LogP contribution in [0.25, 0.3) is 0 Å². The number of ether oxygens (including phenoxy) is 2. The van der Waals surface area contributed by atoms with Crippen molar-refractivity contribution in [2.75, 3.05) is 13.2 Å². The maximum atomic E-state index is 12.5. The van der Waals surface area contributed by atoms with Gasteiger partial charge in [-0.05, 0) is 47.7 Å². The molecule has 2 heterocycles. The van der Waals surface area contributed by atoms with Crippen molar-refractivity contribution in [3.63, 3.8) is 0 Å². The molecule has 0 bridgehead atoms. The predicted octanol–water partition coefficient (Wildman–Crippen LogP) is 3.69. The van der Waals surface area contributed by atoms with E-state index in [0.29, 0.717) is 26.1 Å². The van der Waals surface area contributed by atoms with Crippen LogP contribution in [0.1, 0.15) is 43.9 Å². The Kier molecular flexibility index (Phi) is 6.10. The zero-order valence-electron chi connectivity index (χ0n) is 15.4. The summed E-state index contributed by atoms with van der Waals surface area (Å²) >= 11 is 0. The molecular formula is C21H26N2O3. The van der Waals surface area contributed by atoms with Crippen molar-refractivity contribution < 1.29 is 14.3 Å². The van der Waals surface area contributed by atoms with Crippen LogP contribution in [0.5, 0.6) is 11.5 Å². The average molecular weight is 354 g/mol. The Morgan fingerprint density at radius 2 is 1.85 bits per heavy atom. The van der Waals surface area contributed by atoms with Crippen LogP contribution in [0.3, 0.4) is 0 Å².